The molecule has 0 unspecified atom stereocenters. The first-order valence-corrected chi connectivity index (χ1v) is 6.81. The van der Waals surface area contributed by atoms with Crippen LogP contribution in [0.25, 0.3) is 0 Å². The molecule has 0 heterocycles. The van der Waals surface area contributed by atoms with E-state index in [-0.39, 0.29) is 17.6 Å². The SMILES string of the molecule is N#Cc1ccc(F)cc1CNC1CCC(C(N)=O)CC1. The molecule has 106 valence electrons. The van der Waals surface area contributed by atoms with E-state index in [0.717, 1.165) is 25.7 Å². The van der Waals surface area contributed by atoms with Crippen molar-refractivity contribution in [2.45, 2.75) is 38.3 Å². The number of benzene rings is 1. The minimum Gasteiger partial charge on any atom is -0.369 e. The van der Waals surface area contributed by atoms with Crippen LogP contribution in [0.5, 0.6) is 0 Å². The number of halogens is 1. The Morgan fingerprint density at radius 2 is 2.10 bits per heavy atom. The lowest BCUT2D eigenvalue weighted by Gasteiger charge is -2.27. The van der Waals surface area contributed by atoms with Gasteiger partial charge >= 0.3 is 0 Å². The highest BCUT2D eigenvalue weighted by molar-refractivity contribution is 5.76. The van der Waals surface area contributed by atoms with Gasteiger partial charge in [-0.15, -0.1) is 0 Å². The fraction of sp³-hybridized carbons (Fsp3) is 0.467. The maximum Gasteiger partial charge on any atom is 0.220 e. The summed E-state index contributed by atoms with van der Waals surface area (Å²) in [5, 5.41) is 12.3. The molecular weight excluding hydrogens is 257 g/mol. The molecule has 4 nitrogen and oxygen atoms in total. The zero-order valence-corrected chi connectivity index (χ0v) is 11.2. The molecule has 20 heavy (non-hydrogen) atoms. The number of nitrogens with one attached hydrogen (secondary N) is 1. The number of nitrogens with zero attached hydrogens (tertiary/aromatic N) is 1. The standard InChI is InChI=1S/C15H18FN3O/c16-13-4-1-11(8-17)12(7-13)9-19-14-5-2-10(3-6-14)15(18)20/h1,4,7,10,14,19H,2-3,5-6,9H2,(H2,18,20). The predicted octanol–water partition coefficient (Wildman–Crippen LogP) is 1.83. The van der Waals surface area contributed by atoms with E-state index in [1.165, 1.54) is 18.2 Å². The Labute approximate surface area is 117 Å². The molecule has 0 radical (unpaired) electrons. The van der Waals surface area contributed by atoms with E-state index >= 15 is 0 Å². The Hall–Kier alpha value is -1.93. The summed E-state index contributed by atoms with van der Waals surface area (Å²) in [4.78, 5) is 11.1. The molecule has 2 rings (SSSR count). The molecule has 0 spiro atoms. The molecule has 3 N–H and O–H groups in total. The van der Waals surface area contributed by atoms with Crippen LogP contribution in [0.2, 0.25) is 0 Å². The zero-order valence-electron chi connectivity index (χ0n) is 11.2. The van der Waals surface area contributed by atoms with Gasteiger partial charge < -0.3 is 11.1 Å². The van der Waals surface area contributed by atoms with Crippen molar-refractivity contribution in [2.75, 3.05) is 0 Å². The summed E-state index contributed by atoms with van der Waals surface area (Å²) >= 11 is 0. The van der Waals surface area contributed by atoms with Gasteiger partial charge in [0.15, 0.2) is 0 Å². The van der Waals surface area contributed by atoms with Crippen LogP contribution < -0.4 is 11.1 Å². The third-order valence-corrected chi connectivity index (χ3v) is 3.90. The molecule has 1 aliphatic rings. The molecule has 0 atom stereocenters. The van der Waals surface area contributed by atoms with Crippen molar-refractivity contribution >= 4 is 5.91 Å². The van der Waals surface area contributed by atoms with Gasteiger partial charge in [-0.1, -0.05) is 0 Å². The fourth-order valence-corrected chi connectivity index (χ4v) is 2.65. The number of hydrogen-bond acceptors (Lipinski definition) is 3. The first-order chi connectivity index (χ1) is 9.60. The van der Waals surface area contributed by atoms with E-state index in [1.807, 2.05) is 0 Å². The third-order valence-electron chi connectivity index (χ3n) is 3.90. The molecular formula is C15H18FN3O. The molecule has 0 aliphatic heterocycles. The Kier molecular flexibility index (Phi) is 4.70. The maximum atomic E-state index is 13.2. The molecule has 0 saturated heterocycles. The summed E-state index contributed by atoms with van der Waals surface area (Å²) in [6.45, 7) is 0.465. The Morgan fingerprint density at radius 3 is 2.70 bits per heavy atom. The number of carbonyl (C=O) groups is 1. The topological polar surface area (TPSA) is 78.9 Å². The number of amides is 1. The Balaban J connectivity index is 1.89. The van der Waals surface area contributed by atoms with Gasteiger partial charge in [-0.25, -0.2) is 4.39 Å². The van der Waals surface area contributed by atoms with E-state index in [4.69, 9.17) is 11.0 Å². The third kappa shape index (κ3) is 3.55. The van der Waals surface area contributed by atoms with E-state index in [1.54, 1.807) is 0 Å². The Bertz CT molecular complexity index is 530. The number of primary amides is 1. The molecule has 1 aromatic carbocycles. The first-order valence-electron chi connectivity index (χ1n) is 6.81. The normalized spacial score (nSPS) is 22.2. The number of nitriles is 1. The molecule has 1 aliphatic carbocycles. The molecule has 1 fully saturated rings. The van der Waals surface area contributed by atoms with E-state index in [2.05, 4.69) is 11.4 Å². The monoisotopic (exact) mass is 275 g/mol. The number of carbonyl (C=O) groups excluding carboxylic acids is 1. The van der Waals surface area contributed by atoms with Crippen molar-refractivity contribution in [3.8, 4) is 6.07 Å². The van der Waals surface area contributed by atoms with Gasteiger partial charge in [0.2, 0.25) is 5.91 Å². The van der Waals surface area contributed by atoms with Gasteiger partial charge in [0.25, 0.3) is 0 Å². The zero-order chi connectivity index (χ0) is 14.5. The molecule has 0 aromatic heterocycles. The summed E-state index contributed by atoms with van der Waals surface area (Å²) in [7, 11) is 0. The lowest BCUT2D eigenvalue weighted by Crippen LogP contribution is -2.36. The summed E-state index contributed by atoms with van der Waals surface area (Å²) in [6.07, 6.45) is 3.35. The first kappa shape index (κ1) is 14.5. The van der Waals surface area contributed by atoms with Crippen molar-refractivity contribution < 1.29 is 9.18 Å². The van der Waals surface area contributed by atoms with Gasteiger partial charge in [0.05, 0.1) is 11.6 Å². The number of rotatable bonds is 4. The highest BCUT2D eigenvalue weighted by Crippen LogP contribution is 2.24. The van der Waals surface area contributed by atoms with Gasteiger partial charge in [0.1, 0.15) is 5.82 Å². The molecule has 1 saturated carbocycles. The summed E-state index contributed by atoms with van der Waals surface area (Å²) < 4.78 is 13.2. The number of nitrogens with two attached hydrogens (primary N) is 1. The van der Waals surface area contributed by atoms with Gasteiger partial charge in [-0.05, 0) is 49.4 Å². The van der Waals surface area contributed by atoms with Crippen LogP contribution in [0.3, 0.4) is 0 Å². The van der Waals surface area contributed by atoms with Crippen LogP contribution in [-0.2, 0) is 11.3 Å². The van der Waals surface area contributed by atoms with Crippen molar-refractivity contribution in [3.63, 3.8) is 0 Å². The molecule has 1 aromatic rings. The van der Waals surface area contributed by atoms with Gasteiger partial charge in [-0.3, -0.25) is 4.79 Å². The Morgan fingerprint density at radius 1 is 1.40 bits per heavy atom. The number of hydrogen-bond donors (Lipinski definition) is 2. The summed E-state index contributed by atoms with van der Waals surface area (Å²) in [5.41, 5.74) is 6.46. The summed E-state index contributed by atoms with van der Waals surface area (Å²) in [5.74, 6) is -0.574. The highest BCUT2D eigenvalue weighted by atomic mass is 19.1. The second kappa shape index (κ2) is 6.49. The highest BCUT2D eigenvalue weighted by Gasteiger charge is 2.24. The van der Waals surface area contributed by atoms with Crippen LogP contribution >= 0.6 is 0 Å². The molecule has 1 amide bonds. The van der Waals surface area contributed by atoms with Crippen LogP contribution in [0, 0.1) is 23.1 Å². The molecule has 0 bridgehead atoms. The average Bonchev–Trinajstić information content (AvgIpc) is 2.45. The van der Waals surface area contributed by atoms with Gasteiger partial charge in [-0.2, -0.15) is 5.26 Å². The van der Waals surface area contributed by atoms with E-state index in [0.29, 0.717) is 23.7 Å². The minimum absolute atomic E-state index is 0.0168. The van der Waals surface area contributed by atoms with Crippen LogP contribution in [-0.4, -0.2) is 11.9 Å². The molecule has 5 heteroatoms. The quantitative estimate of drug-likeness (QED) is 0.880. The minimum atomic E-state index is -0.335. The van der Waals surface area contributed by atoms with Crippen LogP contribution in [0.15, 0.2) is 18.2 Å². The van der Waals surface area contributed by atoms with Crippen molar-refractivity contribution in [3.05, 3.63) is 35.1 Å². The lowest BCUT2D eigenvalue weighted by molar-refractivity contribution is -0.122. The second-order valence-corrected chi connectivity index (χ2v) is 5.25. The van der Waals surface area contributed by atoms with Crippen LogP contribution in [0.1, 0.15) is 36.8 Å². The van der Waals surface area contributed by atoms with Crippen molar-refractivity contribution in [1.29, 1.82) is 5.26 Å². The van der Waals surface area contributed by atoms with E-state index < -0.39 is 0 Å². The largest absolute Gasteiger partial charge is 0.369 e. The fourth-order valence-electron chi connectivity index (χ4n) is 2.65. The summed E-state index contributed by atoms with van der Waals surface area (Å²) in [6, 6.07) is 6.53. The van der Waals surface area contributed by atoms with Gasteiger partial charge in [0, 0.05) is 18.5 Å². The lowest BCUT2D eigenvalue weighted by atomic mass is 9.85. The second-order valence-electron chi connectivity index (χ2n) is 5.25. The maximum absolute atomic E-state index is 13.2. The van der Waals surface area contributed by atoms with Crippen molar-refractivity contribution in [2.24, 2.45) is 11.7 Å². The van der Waals surface area contributed by atoms with Crippen molar-refractivity contribution in [1.82, 2.24) is 5.32 Å². The van der Waals surface area contributed by atoms with Crippen LogP contribution in [0.4, 0.5) is 4.39 Å². The average molecular weight is 275 g/mol. The van der Waals surface area contributed by atoms with E-state index in [9.17, 15) is 9.18 Å². The predicted molar refractivity (Wildman–Crippen MR) is 72.9 cm³/mol. The smallest absolute Gasteiger partial charge is 0.220 e.